The van der Waals surface area contributed by atoms with Gasteiger partial charge in [0, 0.05) is 49.9 Å². The molecule has 8 aromatic carbocycles. The van der Waals surface area contributed by atoms with Crippen LogP contribution < -0.4 is 5.32 Å². The van der Waals surface area contributed by atoms with Gasteiger partial charge in [0.1, 0.15) is 0 Å². The molecule has 0 radical (unpaired) electrons. The van der Waals surface area contributed by atoms with E-state index in [2.05, 4.69) is 209 Å². The Morgan fingerprint density at radius 1 is 0.365 bits per heavy atom. The summed E-state index contributed by atoms with van der Waals surface area (Å²) in [6.45, 7) is 2.17. The van der Waals surface area contributed by atoms with E-state index in [9.17, 15) is 0 Å². The highest BCUT2D eigenvalue weighted by Crippen LogP contribution is 2.42. The van der Waals surface area contributed by atoms with Crippen LogP contribution in [0.3, 0.4) is 0 Å². The van der Waals surface area contributed by atoms with Gasteiger partial charge >= 0.3 is 0 Å². The topological polar surface area (TPSA) is 21.9 Å². The van der Waals surface area contributed by atoms with Gasteiger partial charge in [0.2, 0.25) is 0 Å². The summed E-state index contributed by atoms with van der Waals surface area (Å²) < 4.78 is 4.78. The van der Waals surface area contributed by atoms with E-state index in [0.29, 0.717) is 0 Å². The number of hydrogen-bond acceptors (Lipinski definition) is 1. The number of anilines is 2. The van der Waals surface area contributed by atoms with Gasteiger partial charge in [-0.2, -0.15) is 0 Å². The third-order valence-corrected chi connectivity index (χ3v) is 10.3. The van der Waals surface area contributed by atoms with Gasteiger partial charge in [-0.3, -0.25) is 0 Å². The Morgan fingerprint density at radius 2 is 0.904 bits per heavy atom. The molecule has 0 amide bonds. The molecule has 0 aliphatic carbocycles. The normalized spacial score (nSPS) is 11.6. The molecule has 2 aromatic heterocycles. The van der Waals surface area contributed by atoms with Gasteiger partial charge in [-0.25, -0.2) is 0 Å². The van der Waals surface area contributed by atoms with E-state index >= 15 is 0 Å². The smallest absolute Gasteiger partial charge is 0.0562 e. The van der Waals surface area contributed by atoms with E-state index in [-0.39, 0.29) is 0 Å². The minimum absolute atomic E-state index is 1.04. The Morgan fingerprint density at radius 3 is 1.58 bits per heavy atom. The summed E-state index contributed by atoms with van der Waals surface area (Å²) in [5.74, 6) is 0. The molecule has 0 fully saturated rings. The molecular weight excluding hydrogens is 631 g/mol. The van der Waals surface area contributed by atoms with Gasteiger partial charge in [0.15, 0.2) is 0 Å². The fourth-order valence-electron chi connectivity index (χ4n) is 7.91. The molecule has 0 spiro atoms. The minimum atomic E-state index is 1.04. The van der Waals surface area contributed by atoms with Crippen LogP contribution in [0.1, 0.15) is 5.56 Å². The van der Waals surface area contributed by atoms with Crippen molar-refractivity contribution in [2.24, 2.45) is 0 Å². The molecule has 0 unspecified atom stereocenters. The first-order valence-corrected chi connectivity index (χ1v) is 17.9. The predicted octanol–water partition coefficient (Wildman–Crippen LogP) is 13.3. The first kappa shape index (κ1) is 30.0. The summed E-state index contributed by atoms with van der Waals surface area (Å²) in [4.78, 5) is 0. The maximum absolute atomic E-state index is 3.93. The number of rotatable bonds is 6. The van der Waals surface area contributed by atoms with Gasteiger partial charge in [0.25, 0.3) is 0 Å². The predicted molar refractivity (Wildman–Crippen MR) is 220 cm³/mol. The summed E-state index contributed by atoms with van der Waals surface area (Å²) in [6.07, 6.45) is 0. The second-order valence-corrected chi connectivity index (χ2v) is 13.6. The van der Waals surface area contributed by atoms with E-state index in [0.717, 1.165) is 22.7 Å². The van der Waals surface area contributed by atoms with Gasteiger partial charge < -0.3 is 14.5 Å². The first-order chi connectivity index (χ1) is 25.7. The highest BCUT2D eigenvalue weighted by atomic mass is 15.0. The van der Waals surface area contributed by atoms with Crippen LogP contribution in [0.25, 0.3) is 77.2 Å². The molecule has 0 aliphatic heterocycles. The molecule has 0 aliphatic rings. The van der Waals surface area contributed by atoms with E-state index in [4.69, 9.17) is 0 Å². The summed E-state index contributed by atoms with van der Waals surface area (Å²) in [5.41, 5.74) is 15.1. The lowest BCUT2D eigenvalue weighted by Crippen LogP contribution is -1.97. The Hall–Kier alpha value is -6.84. The number of nitrogens with one attached hydrogen (secondary N) is 1. The molecule has 1 N–H and O–H groups in total. The van der Waals surface area contributed by atoms with E-state index in [1.54, 1.807) is 0 Å². The largest absolute Gasteiger partial charge is 0.355 e. The Labute approximate surface area is 302 Å². The lowest BCUT2D eigenvalue weighted by molar-refractivity contribution is 1.18. The molecule has 246 valence electrons. The lowest BCUT2D eigenvalue weighted by Gasteiger charge is -2.15. The quantitative estimate of drug-likeness (QED) is 0.188. The number of nitrogens with zero attached hydrogens (tertiary/aromatic N) is 2. The number of benzene rings is 8. The van der Waals surface area contributed by atoms with Crippen LogP contribution in [-0.4, -0.2) is 9.13 Å². The number of aryl methyl sites for hydroxylation is 1. The van der Waals surface area contributed by atoms with Crippen LogP contribution in [0.5, 0.6) is 0 Å². The number of hydrogen-bond donors (Lipinski definition) is 1. The zero-order valence-corrected chi connectivity index (χ0v) is 28.8. The van der Waals surface area contributed by atoms with Crippen molar-refractivity contribution in [1.82, 2.24) is 9.13 Å². The van der Waals surface area contributed by atoms with Gasteiger partial charge in [-0.15, -0.1) is 0 Å². The average molecular weight is 666 g/mol. The Kier molecular flexibility index (Phi) is 7.04. The average Bonchev–Trinajstić information content (AvgIpc) is 3.69. The molecule has 0 saturated heterocycles. The summed E-state index contributed by atoms with van der Waals surface area (Å²) in [7, 11) is 0. The second kappa shape index (κ2) is 12.2. The van der Waals surface area contributed by atoms with Crippen LogP contribution in [0.4, 0.5) is 11.4 Å². The minimum Gasteiger partial charge on any atom is -0.355 e. The fourth-order valence-corrected chi connectivity index (χ4v) is 7.91. The first-order valence-electron chi connectivity index (χ1n) is 17.9. The second-order valence-electron chi connectivity index (χ2n) is 13.6. The van der Waals surface area contributed by atoms with Crippen molar-refractivity contribution in [3.8, 4) is 33.6 Å². The molecule has 0 atom stereocenters. The van der Waals surface area contributed by atoms with Gasteiger partial charge in [-0.1, -0.05) is 115 Å². The molecule has 3 nitrogen and oxygen atoms in total. The molecule has 10 aromatic rings. The summed E-state index contributed by atoms with van der Waals surface area (Å²) >= 11 is 0. The molecule has 0 saturated carbocycles. The fraction of sp³-hybridized carbons (Fsp3) is 0.0204. The van der Waals surface area contributed by atoms with Crippen molar-refractivity contribution in [1.29, 1.82) is 0 Å². The molecule has 0 bridgehead atoms. The van der Waals surface area contributed by atoms with Crippen LogP contribution >= 0.6 is 0 Å². The van der Waals surface area contributed by atoms with Crippen molar-refractivity contribution in [2.75, 3.05) is 5.32 Å². The van der Waals surface area contributed by atoms with Crippen LogP contribution in [0.15, 0.2) is 188 Å². The van der Waals surface area contributed by atoms with Gasteiger partial charge in [-0.05, 0) is 102 Å². The van der Waals surface area contributed by atoms with Crippen molar-refractivity contribution in [2.45, 2.75) is 6.92 Å². The third kappa shape index (κ3) is 4.98. The van der Waals surface area contributed by atoms with Crippen molar-refractivity contribution in [3.63, 3.8) is 0 Å². The monoisotopic (exact) mass is 665 g/mol. The maximum Gasteiger partial charge on any atom is 0.0562 e. The van der Waals surface area contributed by atoms with Gasteiger partial charge in [0.05, 0.1) is 22.1 Å². The van der Waals surface area contributed by atoms with Crippen LogP contribution in [0, 0.1) is 6.92 Å². The Bertz CT molecular complexity index is 2900. The number of fused-ring (bicyclic) bond motifs is 6. The summed E-state index contributed by atoms with van der Waals surface area (Å²) in [6, 6.07) is 67.9. The molecule has 52 heavy (non-hydrogen) atoms. The van der Waals surface area contributed by atoms with Crippen LogP contribution in [0.2, 0.25) is 0 Å². The molecule has 2 heterocycles. The molecular formula is C49H35N3. The molecule has 3 heteroatoms. The number of aromatic nitrogens is 2. The zero-order valence-electron chi connectivity index (χ0n) is 28.8. The highest BCUT2D eigenvalue weighted by molar-refractivity contribution is 6.14. The Balaban J connectivity index is 1.20. The SMILES string of the molecule is Cc1ccc2c3cc(-c4ccccc4)c(Nc4ccc5c(c4)c4cc(-c6ccccc6)ccc4n5-c4ccccc4)cc3n(-c3ccccc3)c2c1. The van der Waals surface area contributed by atoms with Crippen molar-refractivity contribution in [3.05, 3.63) is 194 Å². The lowest BCUT2D eigenvalue weighted by atomic mass is 9.99. The standard InChI is InChI=1S/C49H35N3/c1-33-22-25-40-44-31-41(35-16-8-3-9-17-35)45(32-49(44)52(48(40)28-33)39-20-12-5-13-21-39)50-37-24-27-47-43(30-37)42-29-36(34-14-6-2-7-15-34)23-26-46(42)51(47)38-18-10-4-11-19-38/h2-32,50H,1H3. The van der Waals surface area contributed by atoms with Crippen LogP contribution in [-0.2, 0) is 0 Å². The van der Waals surface area contributed by atoms with E-state index in [1.165, 1.54) is 71.4 Å². The van der Waals surface area contributed by atoms with Crippen molar-refractivity contribution >= 4 is 55.0 Å². The molecule has 10 rings (SSSR count). The zero-order chi connectivity index (χ0) is 34.6. The van der Waals surface area contributed by atoms with E-state index < -0.39 is 0 Å². The highest BCUT2D eigenvalue weighted by Gasteiger charge is 2.18. The summed E-state index contributed by atoms with van der Waals surface area (Å²) in [5, 5.41) is 8.84. The van der Waals surface area contributed by atoms with E-state index in [1.807, 2.05) is 0 Å². The van der Waals surface area contributed by atoms with Crippen molar-refractivity contribution < 1.29 is 0 Å². The maximum atomic E-state index is 3.93. The third-order valence-electron chi connectivity index (χ3n) is 10.3. The number of para-hydroxylation sites is 2.